The summed E-state index contributed by atoms with van der Waals surface area (Å²) in [6.07, 6.45) is 2.62. The van der Waals surface area contributed by atoms with E-state index in [1.807, 2.05) is 48.5 Å². The molecular weight excluding hydrogens is 466 g/mol. The molecule has 30 heavy (non-hydrogen) atoms. The zero-order valence-corrected chi connectivity index (χ0v) is 18.4. The van der Waals surface area contributed by atoms with E-state index in [1.54, 1.807) is 6.07 Å². The van der Waals surface area contributed by atoms with E-state index >= 15 is 0 Å². The number of aromatic nitrogens is 1. The quantitative estimate of drug-likeness (QED) is 0.462. The Morgan fingerprint density at radius 2 is 1.83 bits per heavy atom. The van der Waals surface area contributed by atoms with E-state index in [1.165, 1.54) is 6.07 Å². The van der Waals surface area contributed by atoms with E-state index in [2.05, 4.69) is 20.9 Å². The fraction of sp³-hybridized carbons (Fsp3) is 0.167. The number of carboxylic acids is 1. The molecule has 3 aromatic rings. The number of hydrogen-bond donors (Lipinski definition) is 0. The molecule has 0 atom stereocenters. The van der Waals surface area contributed by atoms with E-state index in [-0.39, 0.29) is 5.69 Å². The van der Waals surface area contributed by atoms with E-state index in [0.29, 0.717) is 17.3 Å². The molecule has 0 bridgehead atoms. The molecule has 4 rings (SSSR count). The van der Waals surface area contributed by atoms with Crippen LogP contribution in [0.25, 0.3) is 11.1 Å². The number of nitrogens with zero attached hydrogens (tertiary/aromatic N) is 1. The van der Waals surface area contributed by atoms with Gasteiger partial charge in [0.2, 0.25) is 0 Å². The molecule has 0 spiro atoms. The van der Waals surface area contributed by atoms with Crippen molar-refractivity contribution >= 4 is 44.6 Å². The summed E-state index contributed by atoms with van der Waals surface area (Å²) < 4.78 is 7.16. The number of rotatable bonds is 6. The molecule has 0 unspecified atom stereocenters. The predicted molar refractivity (Wildman–Crippen MR) is 119 cm³/mol. The smallest absolute Gasteiger partial charge is 0.127 e. The SMILES string of the molecule is O=C([O-])c1cccc(C2=C(c3cc(Cl)ccc3OCc3ccc(Br)cc3)CCC2)n1. The van der Waals surface area contributed by atoms with E-state index in [4.69, 9.17) is 16.3 Å². The maximum absolute atomic E-state index is 11.2. The minimum atomic E-state index is -1.28. The summed E-state index contributed by atoms with van der Waals surface area (Å²) in [5.41, 5.74) is 4.68. The summed E-state index contributed by atoms with van der Waals surface area (Å²) in [6.45, 7) is 0.433. The van der Waals surface area contributed by atoms with Crippen LogP contribution in [0, 0.1) is 0 Å². The maximum Gasteiger partial charge on any atom is 0.127 e. The van der Waals surface area contributed by atoms with Crippen molar-refractivity contribution in [1.82, 2.24) is 4.98 Å². The number of carboxylic acid groups (broad SMARTS) is 1. The molecule has 4 nitrogen and oxygen atoms in total. The second kappa shape index (κ2) is 9.02. The molecule has 1 heterocycles. The zero-order valence-electron chi connectivity index (χ0n) is 16.0. The van der Waals surface area contributed by atoms with Crippen LogP contribution in [0.15, 0.2) is 65.1 Å². The normalized spacial score (nSPS) is 13.5. The van der Waals surface area contributed by atoms with Gasteiger partial charge in [-0.25, -0.2) is 4.98 Å². The van der Waals surface area contributed by atoms with Crippen LogP contribution in [0.5, 0.6) is 5.75 Å². The Balaban J connectivity index is 1.70. The van der Waals surface area contributed by atoms with Gasteiger partial charge in [-0.05, 0) is 78.4 Å². The molecule has 2 aromatic carbocycles. The van der Waals surface area contributed by atoms with Gasteiger partial charge in [0, 0.05) is 15.1 Å². The van der Waals surface area contributed by atoms with Crippen LogP contribution in [-0.2, 0) is 6.61 Å². The topological polar surface area (TPSA) is 62.2 Å². The number of hydrogen-bond acceptors (Lipinski definition) is 4. The van der Waals surface area contributed by atoms with Crippen LogP contribution < -0.4 is 9.84 Å². The molecule has 1 aliphatic carbocycles. The van der Waals surface area contributed by atoms with Gasteiger partial charge in [-0.3, -0.25) is 0 Å². The maximum atomic E-state index is 11.2. The van der Waals surface area contributed by atoms with Crippen molar-refractivity contribution in [3.05, 3.63) is 92.7 Å². The highest BCUT2D eigenvalue weighted by Gasteiger charge is 2.22. The van der Waals surface area contributed by atoms with Crippen LogP contribution in [0.4, 0.5) is 0 Å². The standard InChI is InChI=1S/C24H19BrClNO3/c25-16-9-7-15(8-10-16)14-30-23-12-11-17(26)13-20(23)18-3-1-4-19(18)21-5-2-6-22(27-21)24(28)29/h2,5-13H,1,3-4,14H2,(H,28,29)/p-1. The van der Waals surface area contributed by atoms with Gasteiger partial charge in [-0.15, -0.1) is 0 Å². The van der Waals surface area contributed by atoms with Crippen molar-refractivity contribution in [2.45, 2.75) is 25.9 Å². The van der Waals surface area contributed by atoms with Gasteiger partial charge in [0.05, 0.1) is 17.4 Å². The summed E-state index contributed by atoms with van der Waals surface area (Å²) >= 11 is 9.75. The van der Waals surface area contributed by atoms with Crippen LogP contribution in [0.3, 0.4) is 0 Å². The lowest BCUT2D eigenvalue weighted by molar-refractivity contribution is -0.255. The number of ether oxygens (including phenoxy) is 1. The lowest BCUT2D eigenvalue weighted by Gasteiger charge is -2.15. The summed E-state index contributed by atoms with van der Waals surface area (Å²) in [6, 6.07) is 18.5. The van der Waals surface area contributed by atoms with Crippen molar-refractivity contribution < 1.29 is 14.6 Å². The highest BCUT2D eigenvalue weighted by molar-refractivity contribution is 9.10. The second-order valence-electron chi connectivity index (χ2n) is 7.06. The third-order valence-electron chi connectivity index (χ3n) is 5.06. The Kier molecular flexibility index (Phi) is 6.21. The Labute approximate surface area is 188 Å². The molecule has 0 N–H and O–H groups in total. The van der Waals surface area contributed by atoms with Gasteiger partial charge in [0.15, 0.2) is 0 Å². The molecule has 0 aliphatic heterocycles. The highest BCUT2D eigenvalue weighted by Crippen LogP contribution is 2.43. The second-order valence-corrected chi connectivity index (χ2v) is 8.41. The average Bonchev–Trinajstić information content (AvgIpc) is 3.24. The monoisotopic (exact) mass is 482 g/mol. The fourth-order valence-electron chi connectivity index (χ4n) is 3.65. The van der Waals surface area contributed by atoms with Gasteiger partial charge in [0.1, 0.15) is 12.4 Å². The number of allylic oxidation sites excluding steroid dienone is 2. The van der Waals surface area contributed by atoms with Crippen molar-refractivity contribution in [2.75, 3.05) is 0 Å². The molecule has 0 amide bonds. The molecule has 1 aromatic heterocycles. The number of benzene rings is 2. The lowest BCUT2D eigenvalue weighted by atomic mass is 9.99. The van der Waals surface area contributed by atoms with Crippen molar-refractivity contribution in [3.8, 4) is 5.75 Å². The van der Waals surface area contributed by atoms with Crippen LogP contribution in [0.1, 0.15) is 46.6 Å². The first-order valence-corrected chi connectivity index (χ1v) is 10.8. The molecule has 152 valence electrons. The van der Waals surface area contributed by atoms with Gasteiger partial charge in [-0.1, -0.05) is 45.7 Å². The van der Waals surface area contributed by atoms with Gasteiger partial charge >= 0.3 is 0 Å². The number of pyridine rings is 1. The summed E-state index contributed by atoms with van der Waals surface area (Å²) in [5.74, 6) is -0.536. The zero-order chi connectivity index (χ0) is 21.1. The van der Waals surface area contributed by atoms with Gasteiger partial charge in [0.25, 0.3) is 0 Å². The molecule has 0 fully saturated rings. The van der Waals surface area contributed by atoms with Crippen LogP contribution >= 0.6 is 27.5 Å². The minimum Gasteiger partial charge on any atom is -0.543 e. The van der Waals surface area contributed by atoms with Crippen molar-refractivity contribution in [2.24, 2.45) is 0 Å². The third-order valence-corrected chi connectivity index (χ3v) is 5.82. The summed E-state index contributed by atoms with van der Waals surface area (Å²) in [7, 11) is 0. The Hall–Kier alpha value is -2.63. The van der Waals surface area contributed by atoms with Gasteiger partial charge in [-0.2, -0.15) is 0 Å². The number of carbonyl (C=O) groups excluding carboxylic acids is 1. The Bertz CT molecular complexity index is 1130. The molecule has 6 heteroatoms. The van der Waals surface area contributed by atoms with Gasteiger partial charge < -0.3 is 14.6 Å². The molecule has 0 saturated heterocycles. The average molecular weight is 484 g/mol. The third kappa shape index (κ3) is 4.58. The molecule has 1 aliphatic rings. The summed E-state index contributed by atoms with van der Waals surface area (Å²) in [4.78, 5) is 15.5. The number of aromatic carboxylic acids is 1. The lowest BCUT2D eigenvalue weighted by Crippen LogP contribution is -2.23. The first-order valence-electron chi connectivity index (χ1n) is 9.59. The van der Waals surface area contributed by atoms with Crippen molar-refractivity contribution in [3.63, 3.8) is 0 Å². The van der Waals surface area contributed by atoms with E-state index in [9.17, 15) is 9.90 Å². The first kappa shape index (κ1) is 20.6. The van der Waals surface area contributed by atoms with Crippen LogP contribution in [0.2, 0.25) is 5.02 Å². The minimum absolute atomic E-state index is 0.0657. The predicted octanol–water partition coefficient (Wildman–Crippen LogP) is 5.53. The van der Waals surface area contributed by atoms with E-state index < -0.39 is 5.97 Å². The molecule has 0 saturated carbocycles. The highest BCUT2D eigenvalue weighted by atomic mass is 79.9. The summed E-state index contributed by atoms with van der Waals surface area (Å²) in [5, 5.41) is 11.9. The first-order chi connectivity index (χ1) is 14.5. The molecular formula is C24H18BrClNO3-. The fourth-order valence-corrected chi connectivity index (χ4v) is 4.08. The number of carbonyl (C=O) groups is 1. The Morgan fingerprint density at radius 3 is 2.60 bits per heavy atom. The number of halogens is 2. The van der Waals surface area contributed by atoms with Crippen LogP contribution in [-0.4, -0.2) is 11.0 Å². The molecule has 0 radical (unpaired) electrons. The largest absolute Gasteiger partial charge is 0.543 e. The Morgan fingerprint density at radius 1 is 1.07 bits per heavy atom. The van der Waals surface area contributed by atoms with Crippen molar-refractivity contribution in [1.29, 1.82) is 0 Å². The van der Waals surface area contributed by atoms with E-state index in [0.717, 1.165) is 51.8 Å².